The molecule has 0 aliphatic rings. The van der Waals surface area contributed by atoms with Crippen LogP contribution in [0.15, 0.2) is 28.6 Å². The van der Waals surface area contributed by atoms with Gasteiger partial charge in [0, 0.05) is 0 Å². The van der Waals surface area contributed by atoms with Crippen molar-refractivity contribution in [3.8, 4) is 6.07 Å². The molecule has 0 fully saturated rings. The van der Waals surface area contributed by atoms with Crippen molar-refractivity contribution in [3.63, 3.8) is 0 Å². The number of hydrogen-bond acceptors (Lipinski definition) is 4. The van der Waals surface area contributed by atoms with Gasteiger partial charge in [0.1, 0.15) is 0 Å². The van der Waals surface area contributed by atoms with Gasteiger partial charge in [-0.15, -0.1) is 11.3 Å². The lowest BCUT2D eigenvalue weighted by molar-refractivity contribution is 1.30. The number of para-hydroxylation sites is 1. The Kier molecular flexibility index (Phi) is 2.87. The second-order valence-electron chi connectivity index (χ2n) is 2.60. The van der Waals surface area contributed by atoms with Crippen LogP contribution in [-0.2, 0) is 20.6 Å². The number of hydrogen-bond donors (Lipinski definition) is 0. The van der Waals surface area contributed by atoms with Gasteiger partial charge in [-0.2, -0.15) is 5.26 Å². The Morgan fingerprint density at radius 2 is 2.29 bits per heavy atom. The standard InChI is InChI=1S/C9H6N2S3/c10-5-6-14(12)9-11-7-3-1-2-4-8(7)13-9/h1-4H,6H2. The first-order chi connectivity index (χ1) is 6.81. The van der Waals surface area contributed by atoms with Crippen molar-refractivity contribution in [1.82, 2.24) is 4.98 Å². The van der Waals surface area contributed by atoms with Crippen LogP contribution < -0.4 is 0 Å². The molecule has 0 aliphatic heterocycles. The predicted octanol–water partition coefficient (Wildman–Crippen LogP) is 2.26. The van der Waals surface area contributed by atoms with Crippen LogP contribution in [0.1, 0.15) is 0 Å². The molecule has 0 amide bonds. The van der Waals surface area contributed by atoms with Gasteiger partial charge in [-0.1, -0.05) is 12.1 Å². The number of fused-ring (bicyclic) bond motifs is 1. The largest absolute Gasteiger partial charge is 0.229 e. The number of benzene rings is 1. The van der Waals surface area contributed by atoms with E-state index in [1.807, 2.05) is 24.3 Å². The first-order valence-electron chi connectivity index (χ1n) is 3.92. The molecule has 2 aromatic rings. The van der Waals surface area contributed by atoms with E-state index in [4.69, 9.17) is 16.4 Å². The highest BCUT2D eigenvalue weighted by molar-refractivity contribution is 8.29. The van der Waals surface area contributed by atoms with E-state index < -0.39 is 9.45 Å². The molecule has 1 atom stereocenters. The summed E-state index contributed by atoms with van der Waals surface area (Å²) in [6.07, 6.45) is 0. The monoisotopic (exact) mass is 238 g/mol. The Morgan fingerprint density at radius 3 is 3.00 bits per heavy atom. The van der Waals surface area contributed by atoms with Crippen LogP contribution in [0, 0.1) is 11.3 Å². The van der Waals surface area contributed by atoms with Crippen molar-refractivity contribution >= 4 is 42.2 Å². The third kappa shape index (κ3) is 1.82. The number of nitriles is 1. The maximum absolute atomic E-state index is 8.54. The molecule has 0 saturated carbocycles. The summed E-state index contributed by atoms with van der Waals surface area (Å²) in [5, 5.41) is 8.54. The predicted molar refractivity (Wildman–Crippen MR) is 63.1 cm³/mol. The third-order valence-corrected chi connectivity index (χ3v) is 5.37. The maximum Gasteiger partial charge on any atom is 0.156 e. The van der Waals surface area contributed by atoms with Crippen molar-refractivity contribution in [2.45, 2.75) is 4.34 Å². The van der Waals surface area contributed by atoms with Crippen molar-refractivity contribution in [3.05, 3.63) is 24.3 Å². The SMILES string of the molecule is N#CCS(=S)c1nc2ccccc2s1. The Bertz CT molecular complexity index is 491. The van der Waals surface area contributed by atoms with Gasteiger partial charge in [0.25, 0.3) is 0 Å². The second-order valence-corrected chi connectivity index (χ2v) is 6.46. The zero-order valence-corrected chi connectivity index (χ0v) is 9.59. The molecule has 70 valence electrons. The Balaban J connectivity index is 2.46. The van der Waals surface area contributed by atoms with Gasteiger partial charge in [0.15, 0.2) is 4.34 Å². The Morgan fingerprint density at radius 1 is 1.50 bits per heavy atom. The van der Waals surface area contributed by atoms with E-state index in [2.05, 4.69) is 11.1 Å². The minimum absolute atomic E-state index is 0.384. The Hall–Kier alpha value is -0.830. The fourth-order valence-corrected chi connectivity index (χ4v) is 3.60. The van der Waals surface area contributed by atoms with Crippen LogP contribution in [0.25, 0.3) is 10.2 Å². The molecule has 0 saturated heterocycles. The minimum Gasteiger partial charge on any atom is -0.229 e. The maximum atomic E-state index is 8.54. The van der Waals surface area contributed by atoms with Crippen molar-refractivity contribution in [1.29, 1.82) is 5.26 Å². The lowest BCUT2D eigenvalue weighted by Crippen LogP contribution is -1.91. The van der Waals surface area contributed by atoms with Crippen LogP contribution in [0.2, 0.25) is 0 Å². The van der Waals surface area contributed by atoms with Crippen molar-refractivity contribution < 1.29 is 0 Å². The molecule has 14 heavy (non-hydrogen) atoms. The zero-order valence-electron chi connectivity index (χ0n) is 7.14. The van der Waals surface area contributed by atoms with Gasteiger partial charge in [-0.3, -0.25) is 0 Å². The summed E-state index contributed by atoms with van der Waals surface area (Å²) < 4.78 is 2.05. The highest BCUT2D eigenvalue weighted by Gasteiger charge is 2.06. The van der Waals surface area contributed by atoms with Gasteiger partial charge in [0.2, 0.25) is 0 Å². The molecule has 5 heteroatoms. The van der Waals surface area contributed by atoms with E-state index in [0.717, 1.165) is 14.6 Å². The lowest BCUT2D eigenvalue weighted by atomic mass is 10.3. The summed E-state index contributed by atoms with van der Waals surface area (Å²) in [6.45, 7) is 0. The molecular weight excluding hydrogens is 232 g/mol. The molecule has 2 rings (SSSR count). The smallest absolute Gasteiger partial charge is 0.156 e. The first-order valence-corrected chi connectivity index (χ1v) is 7.05. The quantitative estimate of drug-likeness (QED) is 0.805. The average Bonchev–Trinajstić information content (AvgIpc) is 2.61. The van der Waals surface area contributed by atoms with Crippen LogP contribution in [0.3, 0.4) is 0 Å². The number of nitrogens with zero attached hydrogens (tertiary/aromatic N) is 2. The number of rotatable bonds is 2. The van der Waals surface area contributed by atoms with E-state index in [9.17, 15) is 0 Å². The summed E-state index contributed by atoms with van der Waals surface area (Å²) in [6, 6.07) is 10.0. The normalized spacial score (nSPS) is 12.5. The lowest BCUT2D eigenvalue weighted by Gasteiger charge is -1.90. The van der Waals surface area contributed by atoms with E-state index in [0.29, 0.717) is 5.75 Å². The topological polar surface area (TPSA) is 36.7 Å². The molecule has 1 aromatic heterocycles. The average molecular weight is 238 g/mol. The van der Waals surface area contributed by atoms with E-state index in [-0.39, 0.29) is 0 Å². The molecule has 1 aromatic carbocycles. The van der Waals surface area contributed by atoms with E-state index in [1.54, 1.807) is 11.3 Å². The summed E-state index contributed by atoms with van der Waals surface area (Å²) in [7, 11) is -0.436. The molecule has 0 N–H and O–H groups in total. The molecule has 0 bridgehead atoms. The highest BCUT2D eigenvalue weighted by atomic mass is 32.8. The summed E-state index contributed by atoms with van der Waals surface area (Å²) in [4.78, 5) is 4.41. The zero-order chi connectivity index (χ0) is 9.97. The molecule has 2 nitrogen and oxygen atoms in total. The van der Waals surface area contributed by atoms with Crippen molar-refractivity contribution in [2.75, 3.05) is 5.75 Å². The molecule has 1 unspecified atom stereocenters. The molecule has 0 aliphatic carbocycles. The molecule has 0 spiro atoms. The summed E-state index contributed by atoms with van der Waals surface area (Å²) in [5.74, 6) is 0.384. The minimum atomic E-state index is -0.436. The molecule has 0 radical (unpaired) electrons. The Labute approximate surface area is 92.8 Å². The fraction of sp³-hybridized carbons (Fsp3) is 0.111. The fourth-order valence-electron chi connectivity index (χ4n) is 1.07. The van der Waals surface area contributed by atoms with Crippen LogP contribution in [-0.4, -0.2) is 10.7 Å². The molecule has 1 heterocycles. The van der Waals surface area contributed by atoms with Crippen LogP contribution in [0.4, 0.5) is 0 Å². The van der Waals surface area contributed by atoms with Gasteiger partial charge >= 0.3 is 0 Å². The van der Waals surface area contributed by atoms with E-state index >= 15 is 0 Å². The van der Waals surface area contributed by atoms with Gasteiger partial charge in [0.05, 0.1) is 22.0 Å². The van der Waals surface area contributed by atoms with Crippen molar-refractivity contribution in [2.24, 2.45) is 0 Å². The highest BCUT2D eigenvalue weighted by Crippen LogP contribution is 2.23. The molecular formula is C9H6N2S3. The van der Waals surface area contributed by atoms with Gasteiger partial charge < -0.3 is 0 Å². The number of aromatic nitrogens is 1. The van der Waals surface area contributed by atoms with Crippen LogP contribution >= 0.6 is 11.3 Å². The van der Waals surface area contributed by atoms with Gasteiger partial charge in [-0.25, -0.2) is 4.98 Å². The second kappa shape index (κ2) is 4.13. The van der Waals surface area contributed by atoms with Crippen LogP contribution in [0.5, 0.6) is 0 Å². The third-order valence-electron chi connectivity index (χ3n) is 1.66. The van der Waals surface area contributed by atoms with E-state index in [1.165, 1.54) is 0 Å². The first kappa shape index (κ1) is 9.71. The number of thiazole rings is 1. The summed E-state index contributed by atoms with van der Waals surface area (Å²) >= 11 is 6.79. The van der Waals surface area contributed by atoms with Gasteiger partial charge in [-0.05, 0) is 32.8 Å². The summed E-state index contributed by atoms with van der Waals surface area (Å²) in [5.41, 5.74) is 0.979.